The highest BCUT2D eigenvalue weighted by atomic mass is 16.5. The number of fused-ring (bicyclic) bond motifs is 1. The van der Waals surface area contributed by atoms with Crippen LogP contribution < -0.4 is 0 Å². The maximum Gasteiger partial charge on any atom is 0.339 e. The van der Waals surface area contributed by atoms with Crippen LogP contribution in [-0.2, 0) is 9.47 Å². The number of cyclic esters (lactones) is 2. The van der Waals surface area contributed by atoms with Crippen LogP contribution in [0.5, 0.6) is 0 Å². The quantitative estimate of drug-likeness (QED) is 0.676. The molecule has 0 fully saturated rings. The first-order valence-electron chi connectivity index (χ1n) is 8.22. The van der Waals surface area contributed by atoms with Gasteiger partial charge in [-0.05, 0) is 25.0 Å². The summed E-state index contributed by atoms with van der Waals surface area (Å²) in [6.45, 7) is 0.810. The molecule has 22 heavy (non-hydrogen) atoms. The molecule has 0 unspecified atom stereocenters. The summed E-state index contributed by atoms with van der Waals surface area (Å²) in [7, 11) is 0. The van der Waals surface area contributed by atoms with Crippen LogP contribution in [-0.4, -0.2) is 25.2 Å². The van der Waals surface area contributed by atoms with Gasteiger partial charge in [0.05, 0.1) is 24.3 Å². The molecule has 120 valence electrons. The second kappa shape index (κ2) is 9.23. The minimum Gasteiger partial charge on any atom is -0.462 e. The molecule has 1 aliphatic rings. The summed E-state index contributed by atoms with van der Waals surface area (Å²) >= 11 is 0. The van der Waals surface area contributed by atoms with E-state index in [2.05, 4.69) is 0 Å². The lowest BCUT2D eigenvalue weighted by molar-refractivity contribution is 0.0449. The van der Waals surface area contributed by atoms with Gasteiger partial charge in [0, 0.05) is 0 Å². The predicted octanol–water partition coefficient (Wildman–Crippen LogP) is 4.13. The van der Waals surface area contributed by atoms with Gasteiger partial charge < -0.3 is 9.47 Å². The molecule has 1 heterocycles. The molecule has 0 saturated heterocycles. The number of carbonyl (C=O) groups excluding carboxylic acids is 2. The molecule has 0 aromatic heterocycles. The molecule has 0 radical (unpaired) electrons. The topological polar surface area (TPSA) is 52.6 Å². The third-order valence-electron chi connectivity index (χ3n) is 3.87. The summed E-state index contributed by atoms with van der Waals surface area (Å²) < 4.78 is 10.5. The van der Waals surface area contributed by atoms with E-state index in [-0.39, 0.29) is 0 Å². The van der Waals surface area contributed by atoms with Gasteiger partial charge in [0.25, 0.3) is 0 Å². The van der Waals surface area contributed by atoms with E-state index in [0.29, 0.717) is 24.3 Å². The zero-order valence-corrected chi connectivity index (χ0v) is 13.0. The lowest BCUT2D eigenvalue weighted by Gasteiger charge is -2.10. The summed E-state index contributed by atoms with van der Waals surface area (Å²) in [6.07, 6.45) is 8.71. The Balaban J connectivity index is 2.04. The third kappa shape index (κ3) is 5.17. The standard InChI is InChI=1S/C18H24O4/c19-17-15-11-7-8-12-16(15)18(20)22-14-10-6-4-2-1-3-5-9-13-21-17/h7-8,11-12H,1-6,9-10,13-14H2. The summed E-state index contributed by atoms with van der Waals surface area (Å²) in [5.41, 5.74) is 0.583. The summed E-state index contributed by atoms with van der Waals surface area (Å²) in [5.74, 6) is -0.890. The molecular weight excluding hydrogens is 280 g/mol. The normalized spacial score (nSPS) is 18.9. The molecule has 4 nitrogen and oxygen atoms in total. The van der Waals surface area contributed by atoms with Gasteiger partial charge in [0.15, 0.2) is 0 Å². The molecule has 0 bridgehead atoms. The van der Waals surface area contributed by atoms with E-state index in [0.717, 1.165) is 25.7 Å². The highest BCUT2D eigenvalue weighted by Gasteiger charge is 2.18. The molecule has 1 aromatic rings. The number of hydrogen-bond acceptors (Lipinski definition) is 4. The molecule has 0 amide bonds. The van der Waals surface area contributed by atoms with Crippen LogP contribution >= 0.6 is 0 Å². The molecule has 2 rings (SSSR count). The molecule has 1 aromatic carbocycles. The van der Waals surface area contributed by atoms with Gasteiger partial charge >= 0.3 is 11.9 Å². The molecule has 0 saturated carbocycles. The Hall–Kier alpha value is -1.84. The SMILES string of the molecule is O=C1OCCCCCCCCCCOC(=O)c2ccccc21. The van der Waals surface area contributed by atoms with Crippen LogP contribution in [0.4, 0.5) is 0 Å². The fourth-order valence-corrected chi connectivity index (χ4v) is 2.59. The average Bonchev–Trinajstić information content (AvgIpc) is 2.54. The number of esters is 2. The fraction of sp³-hybridized carbons (Fsp3) is 0.556. The molecular formula is C18H24O4. The van der Waals surface area contributed by atoms with E-state index < -0.39 is 11.9 Å². The highest BCUT2D eigenvalue weighted by Crippen LogP contribution is 2.14. The van der Waals surface area contributed by atoms with Gasteiger partial charge in [-0.1, -0.05) is 50.7 Å². The van der Waals surface area contributed by atoms with Crippen molar-refractivity contribution in [2.24, 2.45) is 0 Å². The lowest BCUT2D eigenvalue weighted by Crippen LogP contribution is -2.15. The molecule has 4 heteroatoms. The Labute approximate surface area is 131 Å². The van der Waals surface area contributed by atoms with Crippen LogP contribution in [0.1, 0.15) is 72.1 Å². The minimum absolute atomic E-state index is 0.291. The first-order valence-corrected chi connectivity index (χ1v) is 8.22. The van der Waals surface area contributed by atoms with E-state index >= 15 is 0 Å². The average molecular weight is 304 g/mol. The molecule has 1 aliphatic heterocycles. The monoisotopic (exact) mass is 304 g/mol. The summed E-state index contributed by atoms with van der Waals surface area (Å²) in [6, 6.07) is 6.68. The van der Waals surface area contributed by atoms with E-state index in [9.17, 15) is 9.59 Å². The first-order chi connectivity index (χ1) is 10.8. The minimum atomic E-state index is -0.445. The van der Waals surface area contributed by atoms with Gasteiger partial charge in [-0.15, -0.1) is 0 Å². The Kier molecular flexibility index (Phi) is 6.94. The van der Waals surface area contributed by atoms with Crippen molar-refractivity contribution in [2.45, 2.75) is 51.4 Å². The Morgan fingerprint density at radius 2 is 0.955 bits per heavy atom. The number of carbonyl (C=O) groups is 2. The second-order valence-electron chi connectivity index (χ2n) is 5.65. The van der Waals surface area contributed by atoms with Crippen LogP contribution in [0.15, 0.2) is 24.3 Å². The van der Waals surface area contributed by atoms with Crippen LogP contribution in [0.2, 0.25) is 0 Å². The Morgan fingerprint density at radius 1 is 0.591 bits per heavy atom. The molecule has 0 aliphatic carbocycles. The van der Waals surface area contributed by atoms with Gasteiger partial charge in [-0.3, -0.25) is 0 Å². The van der Waals surface area contributed by atoms with Crippen molar-refractivity contribution >= 4 is 11.9 Å². The van der Waals surface area contributed by atoms with E-state index in [1.165, 1.54) is 25.7 Å². The van der Waals surface area contributed by atoms with Crippen molar-refractivity contribution in [1.82, 2.24) is 0 Å². The van der Waals surface area contributed by atoms with Crippen molar-refractivity contribution in [2.75, 3.05) is 13.2 Å². The van der Waals surface area contributed by atoms with E-state index in [1.54, 1.807) is 24.3 Å². The largest absolute Gasteiger partial charge is 0.462 e. The molecule has 0 atom stereocenters. The number of ether oxygens (including phenoxy) is 2. The van der Waals surface area contributed by atoms with Gasteiger partial charge in [0.2, 0.25) is 0 Å². The second-order valence-corrected chi connectivity index (χ2v) is 5.65. The highest BCUT2D eigenvalue weighted by molar-refractivity contribution is 6.03. The predicted molar refractivity (Wildman–Crippen MR) is 83.9 cm³/mol. The van der Waals surface area contributed by atoms with Crippen molar-refractivity contribution in [1.29, 1.82) is 0 Å². The third-order valence-corrected chi connectivity index (χ3v) is 3.87. The number of benzene rings is 1. The first kappa shape index (κ1) is 16.5. The number of hydrogen-bond donors (Lipinski definition) is 0. The van der Waals surface area contributed by atoms with Crippen molar-refractivity contribution in [3.05, 3.63) is 35.4 Å². The van der Waals surface area contributed by atoms with Crippen LogP contribution in [0.3, 0.4) is 0 Å². The van der Waals surface area contributed by atoms with Gasteiger partial charge in [0.1, 0.15) is 0 Å². The Morgan fingerprint density at radius 3 is 1.36 bits per heavy atom. The smallest absolute Gasteiger partial charge is 0.339 e. The maximum atomic E-state index is 12.1. The Bertz CT molecular complexity index is 451. The zero-order chi connectivity index (χ0) is 15.6. The lowest BCUT2D eigenvalue weighted by atomic mass is 10.1. The summed E-state index contributed by atoms with van der Waals surface area (Å²) in [5, 5.41) is 0. The molecule has 0 spiro atoms. The van der Waals surface area contributed by atoms with Crippen LogP contribution in [0, 0.1) is 0 Å². The van der Waals surface area contributed by atoms with E-state index in [4.69, 9.17) is 9.47 Å². The van der Waals surface area contributed by atoms with Crippen LogP contribution in [0.25, 0.3) is 0 Å². The fourth-order valence-electron chi connectivity index (χ4n) is 2.59. The zero-order valence-electron chi connectivity index (χ0n) is 13.0. The maximum absolute atomic E-state index is 12.1. The van der Waals surface area contributed by atoms with Crippen molar-refractivity contribution in [3.8, 4) is 0 Å². The van der Waals surface area contributed by atoms with Crippen molar-refractivity contribution < 1.29 is 19.1 Å². The number of rotatable bonds is 0. The van der Waals surface area contributed by atoms with E-state index in [1.807, 2.05) is 0 Å². The van der Waals surface area contributed by atoms with Gasteiger partial charge in [-0.25, -0.2) is 9.59 Å². The van der Waals surface area contributed by atoms with Crippen molar-refractivity contribution in [3.63, 3.8) is 0 Å². The molecule has 0 N–H and O–H groups in total. The van der Waals surface area contributed by atoms with Gasteiger partial charge in [-0.2, -0.15) is 0 Å². The summed E-state index contributed by atoms with van der Waals surface area (Å²) in [4.78, 5) is 24.2.